The molecule has 27 heavy (non-hydrogen) atoms. The quantitative estimate of drug-likeness (QED) is 0.874. The number of methoxy groups -OCH3 is 1. The van der Waals surface area contributed by atoms with Crippen LogP contribution >= 0.6 is 0 Å². The molecule has 2 aliphatic heterocycles. The lowest BCUT2D eigenvalue weighted by atomic mass is 9.97. The van der Waals surface area contributed by atoms with Gasteiger partial charge in [0.15, 0.2) is 0 Å². The highest BCUT2D eigenvalue weighted by Gasteiger charge is 2.34. The van der Waals surface area contributed by atoms with E-state index in [1.165, 1.54) is 0 Å². The molecule has 2 heterocycles. The first-order valence-electron chi connectivity index (χ1n) is 9.28. The van der Waals surface area contributed by atoms with E-state index in [-0.39, 0.29) is 17.9 Å². The third kappa shape index (κ3) is 3.47. The van der Waals surface area contributed by atoms with Crippen LogP contribution in [-0.2, 0) is 11.3 Å². The Hall–Kier alpha value is -3.02. The van der Waals surface area contributed by atoms with Crippen molar-refractivity contribution >= 4 is 23.2 Å². The molecule has 2 aromatic rings. The number of rotatable bonds is 4. The summed E-state index contributed by atoms with van der Waals surface area (Å²) in [6.07, 6.45) is 3.05. The Bertz CT molecular complexity index is 881. The Balaban J connectivity index is 1.49. The predicted octanol–water partition coefficient (Wildman–Crippen LogP) is 2.94. The Kier molecular flexibility index (Phi) is 4.71. The second kappa shape index (κ2) is 7.31. The number of anilines is 2. The van der Waals surface area contributed by atoms with Crippen LogP contribution in [0.4, 0.5) is 11.4 Å². The lowest BCUT2D eigenvalue weighted by Gasteiger charge is -2.41. The molecule has 0 spiro atoms. The van der Waals surface area contributed by atoms with Crippen molar-refractivity contribution in [3.63, 3.8) is 0 Å². The largest absolute Gasteiger partial charge is 0.497 e. The molecule has 1 saturated heterocycles. The maximum Gasteiger partial charge on any atom is 0.251 e. The van der Waals surface area contributed by atoms with E-state index in [0.29, 0.717) is 17.8 Å². The van der Waals surface area contributed by atoms with E-state index in [4.69, 9.17) is 4.74 Å². The molecule has 4 rings (SSSR count). The molecule has 0 aliphatic carbocycles. The summed E-state index contributed by atoms with van der Waals surface area (Å²) in [6, 6.07) is 13.0. The molecule has 6 nitrogen and oxygen atoms in total. The molecule has 140 valence electrons. The number of hydrogen-bond acceptors (Lipinski definition) is 4. The highest BCUT2D eigenvalue weighted by Crippen LogP contribution is 2.36. The summed E-state index contributed by atoms with van der Waals surface area (Å²) >= 11 is 0. The van der Waals surface area contributed by atoms with E-state index in [1.807, 2.05) is 36.4 Å². The fourth-order valence-electron chi connectivity index (χ4n) is 3.80. The number of benzene rings is 2. The zero-order valence-corrected chi connectivity index (χ0v) is 15.3. The summed E-state index contributed by atoms with van der Waals surface area (Å²) in [6.45, 7) is 1.29. The molecule has 0 bridgehead atoms. The smallest absolute Gasteiger partial charge is 0.251 e. The van der Waals surface area contributed by atoms with Crippen LogP contribution in [0.25, 0.3) is 0 Å². The highest BCUT2D eigenvalue weighted by molar-refractivity contribution is 6.05. The van der Waals surface area contributed by atoms with E-state index >= 15 is 0 Å². The van der Waals surface area contributed by atoms with Crippen LogP contribution in [0.5, 0.6) is 5.75 Å². The molecular weight excluding hydrogens is 342 g/mol. The van der Waals surface area contributed by atoms with Crippen LogP contribution in [-0.4, -0.2) is 31.5 Å². The minimum Gasteiger partial charge on any atom is -0.497 e. The monoisotopic (exact) mass is 365 g/mol. The van der Waals surface area contributed by atoms with Crippen LogP contribution in [0.3, 0.4) is 0 Å². The standard InChI is InChI=1S/C21H23N3O3/c1-27-16-6-4-5-14(11-16)13-22-20(25)15-8-9-18-17(12-15)23-21(26)19-7-2-3-10-24(18)19/h4-6,8-9,11-12,19H,2-3,7,10,13H2,1H3,(H,22,25)(H,23,26)/t19-/m0/s1. The van der Waals surface area contributed by atoms with Crippen molar-refractivity contribution in [3.05, 3.63) is 53.6 Å². The Labute approximate surface area is 158 Å². The van der Waals surface area contributed by atoms with Crippen LogP contribution in [0.1, 0.15) is 35.2 Å². The van der Waals surface area contributed by atoms with Gasteiger partial charge < -0.3 is 20.3 Å². The number of nitrogens with zero attached hydrogens (tertiary/aromatic N) is 1. The number of fused-ring (bicyclic) bond motifs is 3. The van der Waals surface area contributed by atoms with Crippen molar-refractivity contribution in [3.8, 4) is 5.75 Å². The van der Waals surface area contributed by atoms with Gasteiger partial charge >= 0.3 is 0 Å². The van der Waals surface area contributed by atoms with Gasteiger partial charge in [0.2, 0.25) is 5.91 Å². The number of carbonyl (C=O) groups excluding carboxylic acids is 2. The van der Waals surface area contributed by atoms with Crippen LogP contribution in [0, 0.1) is 0 Å². The number of nitrogens with one attached hydrogen (secondary N) is 2. The minimum absolute atomic E-state index is 0.0242. The zero-order chi connectivity index (χ0) is 18.8. The molecule has 2 N–H and O–H groups in total. The van der Waals surface area contributed by atoms with Crippen LogP contribution < -0.4 is 20.3 Å². The van der Waals surface area contributed by atoms with Crippen LogP contribution in [0.2, 0.25) is 0 Å². The van der Waals surface area contributed by atoms with Crippen molar-refractivity contribution in [2.24, 2.45) is 0 Å². The van der Waals surface area contributed by atoms with Crippen LogP contribution in [0.15, 0.2) is 42.5 Å². The number of piperidine rings is 1. The Morgan fingerprint density at radius 2 is 2.15 bits per heavy atom. The molecule has 2 aliphatic rings. The molecule has 0 aromatic heterocycles. The molecule has 6 heteroatoms. The summed E-state index contributed by atoms with van der Waals surface area (Å²) in [5.41, 5.74) is 3.22. The SMILES string of the molecule is COc1cccc(CNC(=O)c2ccc3c(c2)NC(=O)[C@@H]2CCCCN32)c1. The molecule has 0 unspecified atom stereocenters. The van der Waals surface area contributed by atoms with Gasteiger partial charge in [0, 0.05) is 18.7 Å². The topological polar surface area (TPSA) is 70.7 Å². The minimum atomic E-state index is -0.171. The second-order valence-corrected chi connectivity index (χ2v) is 6.96. The summed E-state index contributed by atoms with van der Waals surface area (Å²) < 4.78 is 5.20. The van der Waals surface area contributed by atoms with Crippen molar-refractivity contribution < 1.29 is 14.3 Å². The van der Waals surface area contributed by atoms with Crippen molar-refractivity contribution in [1.29, 1.82) is 0 Å². The van der Waals surface area contributed by atoms with Gasteiger partial charge in [-0.05, 0) is 55.2 Å². The van der Waals surface area contributed by atoms with Gasteiger partial charge in [-0.2, -0.15) is 0 Å². The maximum absolute atomic E-state index is 12.6. The van der Waals surface area contributed by atoms with E-state index in [1.54, 1.807) is 13.2 Å². The molecule has 0 saturated carbocycles. The number of carbonyl (C=O) groups is 2. The summed E-state index contributed by atoms with van der Waals surface area (Å²) in [5, 5.41) is 5.89. The summed E-state index contributed by atoms with van der Waals surface area (Å²) in [5.74, 6) is 0.612. The second-order valence-electron chi connectivity index (χ2n) is 6.96. The van der Waals surface area contributed by atoms with Crippen molar-refractivity contribution in [1.82, 2.24) is 5.32 Å². The number of ether oxygens (including phenoxy) is 1. The molecule has 2 aromatic carbocycles. The van der Waals surface area contributed by atoms with E-state index in [9.17, 15) is 9.59 Å². The summed E-state index contributed by atoms with van der Waals surface area (Å²) in [7, 11) is 1.62. The lowest BCUT2D eigenvalue weighted by molar-refractivity contribution is -0.118. The van der Waals surface area contributed by atoms with Gasteiger partial charge in [-0.1, -0.05) is 12.1 Å². The Morgan fingerprint density at radius 3 is 3.00 bits per heavy atom. The lowest BCUT2D eigenvalue weighted by Crippen LogP contribution is -2.50. The van der Waals surface area contributed by atoms with Gasteiger partial charge in [-0.15, -0.1) is 0 Å². The zero-order valence-electron chi connectivity index (χ0n) is 15.3. The van der Waals surface area contributed by atoms with Gasteiger partial charge in [0.05, 0.1) is 18.5 Å². The highest BCUT2D eigenvalue weighted by atomic mass is 16.5. The van der Waals surface area contributed by atoms with Gasteiger partial charge in [-0.3, -0.25) is 9.59 Å². The molecule has 0 radical (unpaired) electrons. The van der Waals surface area contributed by atoms with Crippen molar-refractivity contribution in [2.75, 3.05) is 23.9 Å². The maximum atomic E-state index is 12.6. The Morgan fingerprint density at radius 1 is 1.26 bits per heavy atom. The van der Waals surface area contributed by atoms with E-state index in [0.717, 1.165) is 42.8 Å². The number of amides is 2. The van der Waals surface area contributed by atoms with Gasteiger partial charge in [-0.25, -0.2) is 0 Å². The van der Waals surface area contributed by atoms with Crippen molar-refractivity contribution in [2.45, 2.75) is 31.8 Å². The third-order valence-electron chi connectivity index (χ3n) is 5.22. The third-order valence-corrected chi connectivity index (χ3v) is 5.22. The fourth-order valence-corrected chi connectivity index (χ4v) is 3.80. The first-order valence-corrected chi connectivity index (χ1v) is 9.28. The normalized spacial score (nSPS) is 18.2. The van der Waals surface area contributed by atoms with Gasteiger partial charge in [0.25, 0.3) is 5.91 Å². The molecule has 1 atom stereocenters. The molecular formula is C21H23N3O3. The predicted molar refractivity (Wildman–Crippen MR) is 104 cm³/mol. The first kappa shape index (κ1) is 17.4. The number of hydrogen-bond donors (Lipinski definition) is 2. The average molecular weight is 365 g/mol. The van der Waals surface area contributed by atoms with Gasteiger partial charge in [0.1, 0.15) is 11.8 Å². The molecule has 2 amide bonds. The fraction of sp³-hybridized carbons (Fsp3) is 0.333. The summed E-state index contributed by atoms with van der Waals surface area (Å²) in [4.78, 5) is 27.1. The molecule has 1 fully saturated rings. The van der Waals surface area contributed by atoms with E-state index < -0.39 is 0 Å². The average Bonchev–Trinajstić information content (AvgIpc) is 2.72. The van der Waals surface area contributed by atoms with E-state index in [2.05, 4.69) is 15.5 Å². The first-order chi connectivity index (χ1) is 13.2.